The van der Waals surface area contributed by atoms with E-state index in [0.29, 0.717) is 28.2 Å². The minimum absolute atomic E-state index is 0.0715. The van der Waals surface area contributed by atoms with Crippen molar-refractivity contribution in [3.63, 3.8) is 0 Å². The average Bonchev–Trinajstić information content (AvgIpc) is 2.89. The van der Waals surface area contributed by atoms with Crippen molar-refractivity contribution in [2.75, 3.05) is 19.5 Å². The molecule has 0 saturated carbocycles. The first-order valence-corrected chi connectivity index (χ1v) is 10.5. The number of benzene rings is 3. The Bertz CT molecular complexity index is 1370. The Morgan fingerprint density at radius 1 is 1.03 bits per heavy atom. The van der Waals surface area contributed by atoms with Crippen molar-refractivity contribution in [3.8, 4) is 28.7 Å². The molecule has 0 saturated heterocycles. The van der Waals surface area contributed by atoms with Gasteiger partial charge in [0.15, 0.2) is 23.0 Å². The normalized spacial score (nSPS) is 10.5. The number of phenolic OH excluding ortho intramolecular Hbond substituents is 1. The van der Waals surface area contributed by atoms with Gasteiger partial charge in [0, 0.05) is 17.5 Å². The lowest BCUT2D eigenvalue weighted by Gasteiger charge is -2.19. The number of carbonyl (C=O) groups excluding carboxylic acids is 1. The van der Waals surface area contributed by atoms with Crippen LogP contribution < -0.4 is 24.3 Å². The molecule has 35 heavy (non-hydrogen) atoms. The highest BCUT2D eigenvalue weighted by atomic mass is 16.6. The van der Waals surface area contributed by atoms with Crippen LogP contribution in [0.2, 0.25) is 0 Å². The molecule has 0 radical (unpaired) electrons. The maximum absolute atomic E-state index is 12.2. The quantitative estimate of drug-likeness (QED) is 0.202. The summed E-state index contributed by atoms with van der Waals surface area (Å²) in [6.07, 6.45) is 2.42. The number of ether oxygens (including phenoxy) is 4. The summed E-state index contributed by atoms with van der Waals surface area (Å²) in [6.45, 7) is 3.69. The maximum atomic E-state index is 12.2. The molecule has 0 aliphatic heterocycles. The molecule has 2 N–H and O–H groups in total. The van der Waals surface area contributed by atoms with Crippen molar-refractivity contribution in [3.05, 3.63) is 79.1 Å². The molecule has 9 heteroatoms. The summed E-state index contributed by atoms with van der Waals surface area (Å²) >= 11 is 0. The zero-order valence-corrected chi connectivity index (χ0v) is 19.1. The number of hydrogen-bond donors (Lipinski definition) is 2. The van der Waals surface area contributed by atoms with Crippen LogP contribution in [0.4, 0.5) is 11.5 Å². The third kappa shape index (κ3) is 5.09. The fraction of sp³-hybridized carbons (Fsp3) is 0.115. The van der Waals surface area contributed by atoms with Gasteiger partial charge in [-0.05, 0) is 23.8 Å². The molecule has 0 bridgehead atoms. The second kappa shape index (κ2) is 10.4. The van der Waals surface area contributed by atoms with Crippen LogP contribution in [0, 0.1) is 0 Å². The number of hydrogen-bond acceptors (Lipinski definition) is 9. The number of carbonyl (C=O) groups is 1. The van der Waals surface area contributed by atoms with Crippen molar-refractivity contribution in [1.29, 1.82) is 0 Å². The molecule has 0 unspecified atom stereocenters. The van der Waals surface area contributed by atoms with E-state index in [-0.39, 0.29) is 29.6 Å². The number of nitrogens with zero attached hydrogens (tertiary/aromatic N) is 2. The van der Waals surface area contributed by atoms with Gasteiger partial charge in [0.2, 0.25) is 5.75 Å². The van der Waals surface area contributed by atoms with Gasteiger partial charge in [-0.3, -0.25) is 0 Å². The van der Waals surface area contributed by atoms with Crippen LogP contribution >= 0.6 is 0 Å². The van der Waals surface area contributed by atoms with E-state index in [0.717, 1.165) is 11.6 Å². The monoisotopic (exact) mass is 473 g/mol. The van der Waals surface area contributed by atoms with E-state index in [9.17, 15) is 9.90 Å². The highest BCUT2D eigenvalue weighted by Gasteiger charge is 2.21. The van der Waals surface area contributed by atoms with E-state index in [4.69, 9.17) is 18.9 Å². The van der Waals surface area contributed by atoms with Gasteiger partial charge in [-0.1, -0.05) is 36.9 Å². The van der Waals surface area contributed by atoms with E-state index >= 15 is 0 Å². The Kier molecular flexibility index (Phi) is 6.96. The van der Waals surface area contributed by atoms with E-state index in [1.807, 2.05) is 30.3 Å². The van der Waals surface area contributed by atoms with Crippen LogP contribution in [0.15, 0.2) is 73.6 Å². The van der Waals surface area contributed by atoms with Gasteiger partial charge in [-0.25, -0.2) is 14.8 Å². The minimum Gasteiger partial charge on any atom is -0.504 e. The molecule has 1 heterocycles. The first-order valence-electron chi connectivity index (χ1n) is 10.5. The molecular formula is C26H23N3O6. The number of anilines is 2. The fourth-order valence-corrected chi connectivity index (χ4v) is 3.38. The molecule has 0 amide bonds. The molecule has 178 valence electrons. The van der Waals surface area contributed by atoms with Gasteiger partial charge in [0.25, 0.3) is 0 Å². The molecule has 4 rings (SSSR count). The van der Waals surface area contributed by atoms with E-state index < -0.39 is 5.97 Å². The van der Waals surface area contributed by atoms with Crippen LogP contribution in [-0.4, -0.2) is 35.3 Å². The first-order chi connectivity index (χ1) is 17.0. The van der Waals surface area contributed by atoms with Gasteiger partial charge >= 0.3 is 5.97 Å². The SMILES string of the molecule is C=CC(=O)Oc1c(Nc2ncnc3cc(OC)c(O)cc23)ccc(OC)c1OCc1ccccc1. The molecule has 0 aliphatic carbocycles. The van der Waals surface area contributed by atoms with Crippen LogP contribution in [0.25, 0.3) is 10.9 Å². The Morgan fingerprint density at radius 3 is 2.51 bits per heavy atom. The zero-order chi connectivity index (χ0) is 24.8. The summed E-state index contributed by atoms with van der Waals surface area (Å²) in [5.41, 5.74) is 1.83. The van der Waals surface area contributed by atoms with E-state index in [1.165, 1.54) is 26.6 Å². The van der Waals surface area contributed by atoms with Crippen LogP contribution in [0.5, 0.6) is 28.7 Å². The molecule has 0 spiro atoms. The lowest BCUT2D eigenvalue weighted by Crippen LogP contribution is -2.09. The van der Waals surface area contributed by atoms with Crippen molar-refractivity contribution in [2.24, 2.45) is 0 Å². The molecular weight excluding hydrogens is 450 g/mol. The number of aromatic nitrogens is 2. The highest BCUT2D eigenvalue weighted by molar-refractivity contribution is 5.94. The minimum atomic E-state index is -0.680. The van der Waals surface area contributed by atoms with Crippen molar-refractivity contribution >= 4 is 28.4 Å². The second-order valence-electron chi connectivity index (χ2n) is 7.26. The van der Waals surface area contributed by atoms with Gasteiger partial charge in [-0.15, -0.1) is 0 Å². The predicted molar refractivity (Wildman–Crippen MR) is 131 cm³/mol. The van der Waals surface area contributed by atoms with Crippen LogP contribution in [-0.2, 0) is 11.4 Å². The largest absolute Gasteiger partial charge is 0.504 e. The number of rotatable bonds is 9. The Balaban J connectivity index is 1.78. The highest BCUT2D eigenvalue weighted by Crippen LogP contribution is 2.45. The van der Waals surface area contributed by atoms with Gasteiger partial charge in [0.1, 0.15) is 18.8 Å². The average molecular weight is 473 g/mol. The van der Waals surface area contributed by atoms with E-state index in [1.54, 1.807) is 18.2 Å². The molecule has 0 fully saturated rings. The number of aromatic hydroxyl groups is 1. The summed E-state index contributed by atoms with van der Waals surface area (Å²) < 4.78 is 22.2. The summed E-state index contributed by atoms with van der Waals surface area (Å²) in [7, 11) is 2.95. The lowest BCUT2D eigenvalue weighted by atomic mass is 10.2. The summed E-state index contributed by atoms with van der Waals surface area (Å²) in [5.74, 6) is 0.577. The molecule has 0 atom stereocenters. The Hall–Kier alpha value is -4.79. The van der Waals surface area contributed by atoms with Crippen LogP contribution in [0.3, 0.4) is 0 Å². The zero-order valence-electron chi connectivity index (χ0n) is 19.1. The lowest BCUT2D eigenvalue weighted by molar-refractivity contribution is -0.129. The van der Waals surface area contributed by atoms with Crippen molar-refractivity contribution < 1.29 is 28.8 Å². The number of esters is 1. The fourth-order valence-electron chi connectivity index (χ4n) is 3.38. The number of methoxy groups -OCH3 is 2. The number of fused-ring (bicyclic) bond motifs is 1. The number of nitrogens with one attached hydrogen (secondary N) is 1. The van der Waals surface area contributed by atoms with Gasteiger partial charge in [0.05, 0.1) is 25.4 Å². The summed E-state index contributed by atoms with van der Waals surface area (Å²) in [6, 6.07) is 16.0. The number of phenols is 1. The predicted octanol–water partition coefficient (Wildman–Crippen LogP) is 4.77. The van der Waals surface area contributed by atoms with Gasteiger partial charge < -0.3 is 29.4 Å². The second-order valence-corrected chi connectivity index (χ2v) is 7.26. The third-order valence-corrected chi connectivity index (χ3v) is 5.08. The smallest absolute Gasteiger partial charge is 0.335 e. The maximum Gasteiger partial charge on any atom is 0.335 e. The van der Waals surface area contributed by atoms with E-state index in [2.05, 4.69) is 21.9 Å². The van der Waals surface area contributed by atoms with Gasteiger partial charge in [-0.2, -0.15) is 0 Å². The standard InChI is InChI=1S/C26H23N3O6/c1-4-23(31)35-24-18(10-11-21(32-2)25(24)34-14-16-8-6-5-7-9-16)29-26-17-12-20(30)22(33-3)13-19(17)27-15-28-26/h4-13,15,30H,1,14H2,2-3H3,(H,27,28,29). The molecule has 4 aromatic rings. The third-order valence-electron chi connectivity index (χ3n) is 5.08. The summed E-state index contributed by atoms with van der Waals surface area (Å²) in [5, 5.41) is 13.9. The first kappa shape index (κ1) is 23.4. The van der Waals surface area contributed by atoms with Crippen molar-refractivity contribution in [2.45, 2.75) is 6.61 Å². The molecule has 0 aliphatic rings. The van der Waals surface area contributed by atoms with Crippen LogP contribution in [0.1, 0.15) is 5.56 Å². The summed E-state index contributed by atoms with van der Waals surface area (Å²) in [4.78, 5) is 20.7. The molecule has 3 aromatic carbocycles. The van der Waals surface area contributed by atoms with Crippen molar-refractivity contribution in [1.82, 2.24) is 9.97 Å². The Labute approximate surface area is 201 Å². The molecule has 9 nitrogen and oxygen atoms in total. The molecule has 1 aromatic heterocycles. The Morgan fingerprint density at radius 2 is 1.80 bits per heavy atom. The topological polar surface area (TPSA) is 112 Å².